The van der Waals surface area contributed by atoms with Crippen molar-refractivity contribution in [3.63, 3.8) is 0 Å². The first-order valence-corrected chi connectivity index (χ1v) is 4.82. The smallest absolute Gasteiger partial charge is 0.258 e. The third kappa shape index (κ3) is 2.13. The van der Waals surface area contributed by atoms with E-state index >= 15 is 0 Å². The average Bonchev–Trinajstić information content (AvgIpc) is 2.17. The van der Waals surface area contributed by atoms with Gasteiger partial charge in [0, 0.05) is 0 Å². The number of aromatic amines is 1. The van der Waals surface area contributed by atoms with E-state index in [0.717, 1.165) is 12.8 Å². The predicted molar refractivity (Wildman–Crippen MR) is 54.7 cm³/mol. The molecule has 1 aromatic heterocycles. The van der Waals surface area contributed by atoms with Crippen LogP contribution in [0.5, 0.6) is 5.88 Å². The number of rotatable bonds is 4. The zero-order chi connectivity index (χ0) is 10.6. The van der Waals surface area contributed by atoms with Crippen molar-refractivity contribution in [1.29, 1.82) is 0 Å². The molecule has 1 unspecified atom stereocenters. The highest BCUT2D eigenvalue weighted by Gasteiger charge is 2.15. The second-order valence-electron chi connectivity index (χ2n) is 3.34. The Labute approximate surface area is 83.3 Å². The molecule has 4 heteroatoms. The molecule has 0 saturated carbocycles. The van der Waals surface area contributed by atoms with Crippen LogP contribution in [0.15, 0.2) is 11.1 Å². The van der Waals surface area contributed by atoms with Gasteiger partial charge in [0.05, 0.1) is 19.0 Å². The molecular formula is C10H16N2O2. The maximum absolute atomic E-state index is 11.5. The van der Waals surface area contributed by atoms with Crippen molar-refractivity contribution in [1.82, 2.24) is 9.97 Å². The molecule has 78 valence electrons. The van der Waals surface area contributed by atoms with Gasteiger partial charge in [-0.05, 0) is 12.3 Å². The van der Waals surface area contributed by atoms with Crippen LogP contribution in [-0.2, 0) is 0 Å². The van der Waals surface area contributed by atoms with Crippen LogP contribution in [0.25, 0.3) is 0 Å². The summed E-state index contributed by atoms with van der Waals surface area (Å²) in [6, 6.07) is 0. The van der Waals surface area contributed by atoms with Crippen LogP contribution in [0.4, 0.5) is 0 Å². The summed E-state index contributed by atoms with van der Waals surface area (Å²) in [5, 5.41) is 0. The quantitative estimate of drug-likeness (QED) is 0.797. The number of hydrogen-bond acceptors (Lipinski definition) is 3. The van der Waals surface area contributed by atoms with Gasteiger partial charge in [-0.25, -0.2) is 4.98 Å². The van der Waals surface area contributed by atoms with Crippen molar-refractivity contribution < 1.29 is 4.74 Å². The first-order valence-electron chi connectivity index (χ1n) is 4.82. The van der Waals surface area contributed by atoms with E-state index in [2.05, 4.69) is 16.9 Å². The molecule has 0 aliphatic rings. The van der Waals surface area contributed by atoms with E-state index in [0.29, 0.717) is 11.4 Å². The summed E-state index contributed by atoms with van der Waals surface area (Å²) in [5.74, 6) is 0.627. The number of hydrogen-bond donors (Lipinski definition) is 1. The van der Waals surface area contributed by atoms with Crippen molar-refractivity contribution in [2.45, 2.75) is 32.6 Å². The fourth-order valence-corrected chi connectivity index (χ4v) is 1.57. The molecule has 0 aliphatic heterocycles. The summed E-state index contributed by atoms with van der Waals surface area (Å²) in [6.07, 6.45) is 3.37. The number of H-pyrrole nitrogens is 1. The molecule has 1 atom stereocenters. The number of aromatic nitrogens is 2. The largest absolute Gasteiger partial charge is 0.481 e. The molecule has 0 bridgehead atoms. The molecule has 14 heavy (non-hydrogen) atoms. The average molecular weight is 196 g/mol. The van der Waals surface area contributed by atoms with Gasteiger partial charge in [-0.15, -0.1) is 0 Å². The lowest BCUT2D eigenvalue weighted by atomic mass is 9.99. The van der Waals surface area contributed by atoms with Gasteiger partial charge in [0.15, 0.2) is 0 Å². The molecule has 1 aromatic rings. The minimum atomic E-state index is -0.0993. The van der Waals surface area contributed by atoms with E-state index in [1.54, 1.807) is 0 Å². The van der Waals surface area contributed by atoms with Gasteiger partial charge in [0.2, 0.25) is 5.88 Å². The van der Waals surface area contributed by atoms with Crippen LogP contribution in [0.2, 0.25) is 0 Å². The van der Waals surface area contributed by atoms with Crippen LogP contribution < -0.4 is 10.3 Å². The van der Waals surface area contributed by atoms with Gasteiger partial charge in [-0.3, -0.25) is 4.79 Å². The van der Waals surface area contributed by atoms with Gasteiger partial charge >= 0.3 is 0 Å². The maximum Gasteiger partial charge on any atom is 0.258 e. The Morgan fingerprint density at radius 3 is 2.93 bits per heavy atom. The fourth-order valence-electron chi connectivity index (χ4n) is 1.57. The van der Waals surface area contributed by atoms with Gasteiger partial charge < -0.3 is 9.72 Å². The number of nitrogens with one attached hydrogen (secondary N) is 1. The number of nitrogens with zero attached hydrogens (tertiary/aromatic N) is 1. The predicted octanol–water partition coefficient (Wildman–Crippen LogP) is 1.68. The lowest BCUT2D eigenvalue weighted by molar-refractivity contribution is 0.385. The Balaban J connectivity index is 3.10. The van der Waals surface area contributed by atoms with Crippen molar-refractivity contribution in [3.8, 4) is 5.88 Å². The fraction of sp³-hybridized carbons (Fsp3) is 0.600. The minimum absolute atomic E-state index is 0.0993. The summed E-state index contributed by atoms with van der Waals surface area (Å²) >= 11 is 0. The normalized spacial score (nSPS) is 12.5. The monoisotopic (exact) mass is 196 g/mol. The van der Waals surface area contributed by atoms with E-state index < -0.39 is 0 Å². The molecule has 4 nitrogen and oxygen atoms in total. The van der Waals surface area contributed by atoms with Crippen LogP contribution in [0, 0.1) is 0 Å². The second kappa shape index (κ2) is 4.79. The van der Waals surface area contributed by atoms with Gasteiger partial charge in [-0.2, -0.15) is 0 Å². The van der Waals surface area contributed by atoms with Crippen molar-refractivity contribution in [2.24, 2.45) is 0 Å². The summed E-state index contributed by atoms with van der Waals surface area (Å²) in [4.78, 5) is 18.1. The lowest BCUT2D eigenvalue weighted by Gasteiger charge is -2.11. The zero-order valence-electron chi connectivity index (χ0n) is 8.83. The zero-order valence-corrected chi connectivity index (χ0v) is 8.83. The Morgan fingerprint density at radius 1 is 1.64 bits per heavy atom. The van der Waals surface area contributed by atoms with Crippen LogP contribution in [0.1, 0.15) is 38.2 Å². The number of ether oxygens (including phenoxy) is 1. The molecule has 0 aromatic carbocycles. The molecule has 1 N–H and O–H groups in total. The van der Waals surface area contributed by atoms with Gasteiger partial charge in [0.25, 0.3) is 5.56 Å². The molecule has 1 rings (SSSR count). The highest BCUT2D eigenvalue weighted by Crippen LogP contribution is 2.23. The van der Waals surface area contributed by atoms with Crippen molar-refractivity contribution in [2.75, 3.05) is 7.11 Å². The topological polar surface area (TPSA) is 55.0 Å². The Hall–Kier alpha value is -1.32. The highest BCUT2D eigenvalue weighted by molar-refractivity contribution is 5.25. The summed E-state index contributed by atoms with van der Waals surface area (Å²) in [6.45, 7) is 4.10. The molecular weight excluding hydrogens is 180 g/mol. The summed E-state index contributed by atoms with van der Waals surface area (Å²) < 4.78 is 5.06. The molecule has 0 fully saturated rings. The van der Waals surface area contributed by atoms with Crippen LogP contribution in [0.3, 0.4) is 0 Å². The third-order valence-electron chi connectivity index (χ3n) is 2.26. The van der Waals surface area contributed by atoms with Crippen molar-refractivity contribution >= 4 is 0 Å². The third-order valence-corrected chi connectivity index (χ3v) is 2.26. The van der Waals surface area contributed by atoms with Crippen LogP contribution >= 0.6 is 0 Å². The van der Waals surface area contributed by atoms with E-state index in [-0.39, 0.29) is 11.5 Å². The van der Waals surface area contributed by atoms with Crippen LogP contribution in [-0.4, -0.2) is 17.1 Å². The Kier molecular flexibility index (Phi) is 3.68. The molecule has 1 heterocycles. The number of methoxy groups -OCH3 is 1. The maximum atomic E-state index is 11.5. The first-order chi connectivity index (χ1) is 6.70. The Morgan fingerprint density at radius 2 is 2.36 bits per heavy atom. The molecule has 0 radical (unpaired) electrons. The van der Waals surface area contributed by atoms with Gasteiger partial charge in [0.1, 0.15) is 0 Å². The van der Waals surface area contributed by atoms with E-state index in [4.69, 9.17) is 4.74 Å². The van der Waals surface area contributed by atoms with E-state index in [1.807, 2.05) is 6.92 Å². The molecule has 0 spiro atoms. The first kappa shape index (κ1) is 10.8. The van der Waals surface area contributed by atoms with E-state index in [1.165, 1.54) is 13.4 Å². The molecule has 0 amide bonds. The Bertz CT molecular complexity index is 346. The summed E-state index contributed by atoms with van der Waals surface area (Å²) in [5.41, 5.74) is 0.551. The molecule has 0 saturated heterocycles. The lowest BCUT2D eigenvalue weighted by Crippen LogP contribution is -2.17. The standard InChI is InChI=1S/C10H16N2O2/c1-4-5-7(2)8-9(13)11-6-12-10(8)14-3/h6-7H,4-5H2,1-3H3,(H,11,12,13). The van der Waals surface area contributed by atoms with Crippen molar-refractivity contribution in [3.05, 3.63) is 22.2 Å². The van der Waals surface area contributed by atoms with E-state index in [9.17, 15) is 4.79 Å². The molecule has 0 aliphatic carbocycles. The SMILES string of the molecule is CCCC(C)c1c(OC)nc[nH]c1=O. The highest BCUT2D eigenvalue weighted by atomic mass is 16.5. The van der Waals surface area contributed by atoms with Gasteiger partial charge in [-0.1, -0.05) is 20.3 Å². The second-order valence-corrected chi connectivity index (χ2v) is 3.34. The minimum Gasteiger partial charge on any atom is -0.481 e. The summed E-state index contributed by atoms with van der Waals surface area (Å²) in [7, 11) is 1.53.